The maximum absolute atomic E-state index is 12.8. The summed E-state index contributed by atoms with van der Waals surface area (Å²) in [7, 11) is 0. The van der Waals surface area contributed by atoms with Crippen LogP contribution in [-0.2, 0) is 9.59 Å². The zero-order chi connectivity index (χ0) is 17.2. The van der Waals surface area contributed by atoms with E-state index in [1.807, 2.05) is 28.0 Å². The molecule has 3 heterocycles. The molecule has 3 aliphatic heterocycles. The van der Waals surface area contributed by atoms with Gasteiger partial charge in [0, 0.05) is 19.6 Å². The molecule has 1 N–H and O–H groups in total. The largest absolute Gasteiger partial charge is 0.486 e. The van der Waals surface area contributed by atoms with Gasteiger partial charge in [0.15, 0.2) is 11.5 Å². The van der Waals surface area contributed by atoms with Gasteiger partial charge in [0.25, 0.3) is 0 Å². The Kier molecular flexibility index (Phi) is 4.48. The van der Waals surface area contributed by atoms with Crippen LogP contribution in [0.15, 0.2) is 18.2 Å². The van der Waals surface area contributed by atoms with Crippen molar-refractivity contribution in [3.8, 4) is 11.5 Å². The number of likely N-dealkylation sites (tertiary alicyclic amines) is 1. The molecule has 4 rings (SSSR count). The molecule has 2 saturated heterocycles. The Hall–Kier alpha value is -2.28. The van der Waals surface area contributed by atoms with Gasteiger partial charge in [0.1, 0.15) is 13.2 Å². The fourth-order valence-electron chi connectivity index (χ4n) is 3.79. The van der Waals surface area contributed by atoms with Gasteiger partial charge in [-0.1, -0.05) is 6.07 Å². The molecule has 3 aliphatic rings. The SMILES string of the molecule is O=C1CN(CC(=O)N2CCC[C@@H]2c2ccc3c(c2)OCCO3)CCN1. The monoisotopic (exact) mass is 345 g/mol. The van der Waals surface area contributed by atoms with Crippen LogP contribution in [-0.4, -0.2) is 67.6 Å². The average molecular weight is 345 g/mol. The molecule has 0 spiro atoms. The van der Waals surface area contributed by atoms with Gasteiger partial charge >= 0.3 is 0 Å². The first-order chi connectivity index (χ1) is 12.2. The number of nitrogens with one attached hydrogen (secondary N) is 1. The number of amides is 2. The summed E-state index contributed by atoms with van der Waals surface area (Å²) in [6.07, 6.45) is 1.94. The van der Waals surface area contributed by atoms with Crippen molar-refractivity contribution >= 4 is 11.8 Å². The van der Waals surface area contributed by atoms with E-state index >= 15 is 0 Å². The van der Waals surface area contributed by atoms with E-state index in [1.165, 1.54) is 0 Å². The Morgan fingerprint density at radius 3 is 2.88 bits per heavy atom. The number of rotatable bonds is 3. The Morgan fingerprint density at radius 2 is 2.04 bits per heavy atom. The lowest BCUT2D eigenvalue weighted by atomic mass is 10.0. The summed E-state index contributed by atoms with van der Waals surface area (Å²) in [6, 6.07) is 6.03. The van der Waals surface area contributed by atoms with Crippen molar-refractivity contribution < 1.29 is 19.1 Å². The Morgan fingerprint density at radius 1 is 1.20 bits per heavy atom. The summed E-state index contributed by atoms with van der Waals surface area (Å²) in [5.41, 5.74) is 1.09. The van der Waals surface area contributed by atoms with E-state index in [0.29, 0.717) is 32.8 Å². The fraction of sp³-hybridized carbons (Fsp3) is 0.556. The molecular weight excluding hydrogens is 322 g/mol. The molecule has 2 amide bonds. The molecule has 7 heteroatoms. The molecule has 1 atom stereocenters. The molecular formula is C18H23N3O4. The van der Waals surface area contributed by atoms with Crippen molar-refractivity contribution in [3.63, 3.8) is 0 Å². The van der Waals surface area contributed by atoms with Gasteiger partial charge in [0.05, 0.1) is 19.1 Å². The molecule has 0 unspecified atom stereocenters. The van der Waals surface area contributed by atoms with Crippen LogP contribution >= 0.6 is 0 Å². The second kappa shape index (κ2) is 6.92. The number of ether oxygens (including phenoxy) is 2. The number of hydrogen-bond acceptors (Lipinski definition) is 5. The van der Waals surface area contributed by atoms with Gasteiger partial charge in [-0.05, 0) is 30.5 Å². The van der Waals surface area contributed by atoms with E-state index in [-0.39, 0.29) is 17.9 Å². The molecule has 0 aliphatic carbocycles. The maximum Gasteiger partial charge on any atom is 0.237 e. The highest BCUT2D eigenvalue weighted by atomic mass is 16.6. The topological polar surface area (TPSA) is 71.1 Å². The summed E-state index contributed by atoms with van der Waals surface area (Å²) in [6.45, 7) is 3.82. The molecule has 7 nitrogen and oxygen atoms in total. The highest BCUT2D eigenvalue weighted by Gasteiger charge is 2.32. The highest BCUT2D eigenvalue weighted by Crippen LogP contribution is 2.38. The van der Waals surface area contributed by atoms with Crippen LogP contribution in [0, 0.1) is 0 Å². The lowest BCUT2D eigenvalue weighted by Gasteiger charge is -2.31. The molecule has 0 bridgehead atoms. The van der Waals surface area contributed by atoms with Crippen molar-refractivity contribution in [2.24, 2.45) is 0 Å². The van der Waals surface area contributed by atoms with Gasteiger partial charge in [-0.25, -0.2) is 0 Å². The first-order valence-corrected chi connectivity index (χ1v) is 8.89. The average Bonchev–Trinajstić information content (AvgIpc) is 3.11. The van der Waals surface area contributed by atoms with Crippen LogP contribution in [0.3, 0.4) is 0 Å². The van der Waals surface area contributed by atoms with Crippen molar-refractivity contribution in [2.45, 2.75) is 18.9 Å². The first kappa shape index (κ1) is 16.2. The summed E-state index contributed by atoms with van der Waals surface area (Å²) in [4.78, 5) is 28.1. The number of carbonyl (C=O) groups is 2. The van der Waals surface area contributed by atoms with E-state index in [0.717, 1.165) is 43.0 Å². The minimum atomic E-state index is -0.0103. The van der Waals surface area contributed by atoms with Crippen molar-refractivity contribution in [1.29, 1.82) is 0 Å². The van der Waals surface area contributed by atoms with Gasteiger partial charge in [-0.2, -0.15) is 0 Å². The minimum absolute atomic E-state index is 0.0103. The third-order valence-electron chi connectivity index (χ3n) is 5.00. The number of fused-ring (bicyclic) bond motifs is 1. The Balaban J connectivity index is 1.46. The third kappa shape index (κ3) is 3.42. The summed E-state index contributed by atoms with van der Waals surface area (Å²) in [5, 5.41) is 2.79. The zero-order valence-electron chi connectivity index (χ0n) is 14.2. The molecule has 1 aromatic rings. The van der Waals surface area contributed by atoms with Crippen molar-refractivity contribution in [3.05, 3.63) is 23.8 Å². The predicted octanol–water partition coefficient (Wildman–Crippen LogP) is 0.553. The number of carbonyl (C=O) groups excluding carboxylic acids is 2. The molecule has 134 valence electrons. The van der Waals surface area contributed by atoms with E-state index in [9.17, 15) is 9.59 Å². The highest BCUT2D eigenvalue weighted by molar-refractivity contribution is 5.82. The first-order valence-electron chi connectivity index (χ1n) is 8.89. The van der Waals surface area contributed by atoms with Crippen LogP contribution in [0.1, 0.15) is 24.4 Å². The van der Waals surface area contributed by atoms with Crippen LogP contribution in [0.2, 0.25) is 0 Å². The molecule has 0 saturated carbocycles. The van der Waals surface area contributed by atoms with E-state index in [4.69, 9.17) is 9.47 Å². The number of piperazine rings is 1. The van der Waals surface area contributed by atoms with Gasteiger partial charge in [-0.3, -0.25) is 14.5 Å². The van der Waals surface area contributed by atoms with E-state index < -0.39 is 0 Å². The molecule has 25 heavy (non-hydrogen) atoms. The maximum atomic E-state index is 12.8. The lowest BCUT2D eigenvalue weighted by Crippen LogP contribution is -2.51. The summed E-state index contributed by atoms with van der Waals surface area (Å²) >= 11 is 0. The van der Waals surface area contributed by atoms with E-state index in [1.54, 1.807) is 0 Å². The van der Waals surface area contributed by atoms with Crippen LogP contribution < -0.4 is 14.8 Å². The fourth-order valence-corrected chi connectivity index (χ4v) is 3.79. The number of hydrogen-bond donors (Lipinski definition) is 1. The van der Waals surface area contributed by atoms with E-state index in [2.05, 4.69) is 5.32 Å². The molecule has 1 aromatic carbocycles. The normalized spacial score (nSPS) is 23.4. The van der Waals surface area contributed by atoms with Gasteiger partial charge in [0.2, 0.25) is 11.8 Å². The number of nitrogens with zero attached hydrogens (tertiary/aromatic N) is 2. The van der Waals surface area contributed by atoms with Gasteiger partial charge < -0.3 is 19.7 Å². The zero-order valence-corrected chi connectivity index (χ0v) is 14.2. The minimum Gasteiger partial charge on any atom is -0.486 e. The van der Waals surface area contributed by atoms with Crippen molar-refractivity contribution in [2.75, 3.05) is 45.9 Å². The second-order valence-corrected chi connectivity index (χ2v) is 6.71. The van der Waals surface area contributed by atoms with Crippen molar-refractivity contribution in [1.82, 2.24) is 15.1 Å². The standard InChI is InChI=1S/C18H23N3O4/c22-17-11-20(7-5-19-17)12-18(23)21-6-1-2-14(21)13-3-4-15-16(10-13)25-9-8-24-15/h3-4,10,14H,1-2,5-9,11-12H2,(H,19,22)/t14-/m1/s1. The lowest BCUT2D eigenvalue weighted by molar-refractivity contribution is -0.134. The third-order valence-corrected chi connectivity index (χ3v) is 5.00. The molecule has 2 fully saturated rings. The Bertz CT molecular complexity index is 678. The predicted molar refractivity (Wildman–Crippen MR) is 90.6 cm³/mol. The summed E-state index contributed by atoms with van der Waals surface area (Å²) < 4.78 is 11.2. The molecule has 0 aromatic heterocycles. The smallest absolute Gasteiger partial charge is 0.237 e. The van der Waals surface area contributed by atoms with Crippen LogP contribution in [0.25, 0.3) is 0 Å². The second-order valence-electron chi connectivity index (χ2n) is 6.71. The van der Waals surface area contributed by atoms with Gasteiger partial charge in [-0.15, -0.1) is 0 Å². The van der Waals surface area contributed by atoms with Crippen LogP contribution in [0.4, 0.5) is 0 Å². The quantitative estimate of drug-likeness (QED) is 0.866. The number of benzene rings is 1. The summed E-state index contributed by atoms with van der Waals surface area (Å²) in [5.74, 6) is 1.61. The molecule has 0 radical (unpaired) electrons. The van der Waals surface area contributed by atoms with Crippen LogP contribution in [0.5, 0.6) is 11.5 Å². The Labute approximate surface area is 146 Å².